The third kappa shape index (κ3) is 1.58. The fraction of sp³-hybridized carbons (Fsp3) is 0.333. The van der Waals surface area contributed by atoms with Gasteiger partial charge in [0.05, 0.1) is 6.10 Å². The smallest absolute Gasteiger partial charge is 0.123 e. The minimum Gasteiger partial charge on any atom is -0.389 e. The van der Waals surface area contributed by atoms with Crippen molar-refractivity contribution in [3.05, 3.63) is 40.7 Å². The first-order valence-corrected chi connectivity index (χ1v) is 4.87. The summed E-state index contributed by atoms with van der Waals surface area (Å²) >= 11 is 0. The second kappa shape index (κ2) is 3.54. The third-order valence-electron chi connectivity index (χ3n) is 2.66. The molecule has 0 spiro atoms. The highest BCUT2D eigenvalue weighted by Gasteiger charge is 2.17. The summed E-state index contributed by atoms with van der Waals surface area (Å²) in [5.74, 6) is -0.216. The molecule has 1 aromatic carbocycles. The van der Waals surface area contributed by atoms with Crippen molar-refractivity contribution >= 4 is 6.08 Å². The van der Waals surface area contributed by atoms with Gasteiger partial charge in [-0.25, -0.2) is 4.39 Å². The largest absolute Gasteiger partial charge is 0.389 e. The van der Waals surface area contributed by atoms with Gasteiger partial charge in [-0.15, -0.1) is 0 Å². The van der Waals surface area contributed by atoms with Crippen molar-refractivity contribution in [3.63, 3.8) is 0 Å². The molecular weight excluding hydrogens is 179 g/mol. The molecule has 0 heterocycles. The number of aliphatic hydroxyl groups is 1. The van der Waals surface area contributed by atoms with Crippen LogP contribution >= 0.6 is 0 Å². The van der Waals surface area contributed by atoms with E-state index in [4.69, 9.17) is 0 Å². The molecule has 0 bridgehead atoms. The molecule has 1 nitrogen and oxygen atoms in total. The molecule has 0 aromatic heterocycles. The van der Waals surface area contributed by atoms with Gasteiger partial charge < -0.3 is 5.11 Å². The Balaban J connectivity index is 2.30. The molecule has 74 valence electrons. The van der Waals surface area contributed by atoms with E-state index in [1.165, 1.54) is 12.1 Å². The average molecular weight is 192 g/mol. The van der Waals surface area contributed by atoms with Gasteiger partial charge in [-0.1, -0.05) is 19.1 Å². The molecule has 2 rings (SSSR count). The summed E-state index contributed by atoms with van der Waals surface area (Å²) in [5.41, 5.74) is 3.01. The molecule has 0 amide bonds. The zero-order chi connectivity index (χ0) is 10.1. The van der Waals surface area contributed by atoms with Crippen LogP contribution in [0.2, 0.25) is 0 Å². The van der Waals surface area contributed by atoms with Gasteiger partial charge in [-0.2, -0.15) is 0 Å². The van der Waals surface area contributed by atoms with E-state index in [0.717, 1.165) is 23.1 Å². The van der Waals surface area contributed by atoms with Gasteiger partial charge in [0.15, 0.2) is 0 Å². The number of benzene rings is 1. The highest BCUT2D eigenvalue weighted by Crippen LogP contribution is 2.28. The number of halogens is 1. The number of hydrogen-bond acceptors (Lipinski definition) is 1. The van der Waals surface area contributed by atoms with Crippen LogP contribution < -0.4 is 0 Å². The van der Waals surface area contributed by atoms with Gasteiger partial charge >= 0.3 is 0 Å². The van der Waals surface area contributed by atoms with Gasteiger partial charge in [0, 0.05) is 0 Å². The maximum Gasteiger partial charge on any atom is 0.123 e. The summed E-state index contributed by atoms with van der Waals surface area (Å²) in [7, 11) is 0. The van der Waals surface area contributed by atoms with E-state index in [2.05, 4.69) is 0 Å². The first-order valence-electron chi connectivity index (χ1n) is 4.87. The molecule has 14 heavy (non-hydrogen) atoms. The summed E-state index contributed by atoms with van der Waals surface area (Å²) in [6, 6.07) is 4.77. The van der Waals surface area contributed by atoms with Crippen molar-refractivity contribution in [2.24, 2.45) is 0 Å². The molecule has 1 atom stereocenters. The summed E-state index contributed by atoms with van der Waals surface area (Å²) in [4.78, 5) is 0. The van der Waals surface area contributed by atoms with E-state index < -0.39 is 0 Å². The van der Waals surface area contributed by atoms with E-state index >= 15 is 0 Å². The maximum atomic E-state index is 12.9. The Morgan fingerprint density at radius 3 is 3.00 bits per heavy atom. The molecule has 0 unspecified atom stereocenters. The van der Waals surface area contributed by atoms with E-state index in [1.54, 1.807) is 6.07 Å². The highest BCUT2D eigenvalue weighted by atomic mass is 19.1. The normalized spacial score (nSPS) is 16.4. The average Bonchev–Trinajstić information content (AvgIpc) is 2.59. The first-order chi connectivity index (χ1) is 6.70. The molecule has 0 fully saturated rings. The summed E-state index contributed by atoms with van der Waals surface area (Å²) in [6.07, 6.45) is 2.98. The monoisotopic (exact) mass is 192 g/mol. The minimum atomic E-state index is -0.384. The van der Waals surface area contributed by atoms with Crippen LogP contribution in [-0.2, 0) is 6.42 Å². The molecule has 0 aliphatic heterocycles. The molecule has 0 saturated heterocycles. The van der Waals surface area contributed by atoms with Crippen LogP contribution in [0.5, 0.6) is 0 Å². The molecule has 0 radical (unpaired) electrons. The van der Waals surface area contributed by atoms with Gasteiger partial charge in [-0.05, 0) is 41.7 Å². The lowest BCUT2D eigenvalue weighted by Crippen LogP contribution is -2.07. The fourth-order valence-electron chi connectivity index (χ4n) is 1.81. The van der Waals surface area contributed by atoms with Crippen molar-refractivity contribution in [2.45, 2.75) is 25.9 Å². The van der Waals surface area contributed by atoms with Crippen LogP contribution in [0, 0.1) is 5.82 Å². The second-order valence-electron chi connectivity index (χ2n) is 3.66. The molecule has 1 aliphatic rings. The number of rotatable bonds is 2. The molecular formula is C12H13FO. The Hall–Kier alpha value is -1.15. The van der Waals surface area contributed by atoms with Crippen molar-refractivity contribution in [1.29, 1.82) is 0 Å². The Kier molecular flexibility index (Phi) is 2.38. The van der Waals surface area contributed by atoms with Gasteiger partial charge in [0.2, 0.25) is 0 Å². The zero-order valence-corrected chi connectivity index (χ0v) is 8.13. The van der Waals surface area contributed by atoms with Crippen LogP contribution in [0.15, 0.2) is 23.8 Å². The minimum absolute atomic E-state index is 0.216. The van der Waals surface area contributed by atoms with Crippen LogP contribution in [0.25, 0.3) is 6.08 Å². The Labute approximate surface area is 82.9 Å². The van der Waals surface area contributed by atoms with E-state index in [1.807, 2.05) is 13.0 Å². The lowest BCUT2D eigenvalue weighted by molar-refractivity contribution is 0.205. The van der Waals surface area contributed by atoms with Crippen LogP contribution in [0.3, 0.4) is 0 Å². The van der Waals surface area contributed by atoms with Crippen molar-refractivity contribution in [3.8, 4) is 0 Å². The first kappa shape index (κ1) is 9.41. The Morgan fingerprint density at radius 2 is 2.29 bits per heavy atom. The van der Waals surface area contributed by atoms with Gasteiger partial charge in [0.1, 0.15) is 5.82 Å². The predicted octanol–water partition coefficient (Wildman–Crippen LogP) is 2.54. The molecule has 0 saturated carbocycles. The molecule has 2 heteroatoms. The quantitative estimate of drug-likeness (QED) is 0.763. The fourth-order valence-corrected chi connectivity index (χ4v) is 1.81. The predicted molar refractivity (Wildman–Crippen MR) is 54.4 cm³/mol. The standard InChI is InChI=1S/C12H13FO/c1-2-12(14)10-5-8-3-4-11(13)7-9(8)6-10/h3-4,6-7,12,14H,2,5H2,1H3/t12-/m0/s1. The summed E-state index contributed by atoms with van der Waals surface area (Å²) in [5, 5.41) is 9.64. The Bertz CT molecular complexity index is 382. The zero-order valence-electron chi connectivity index (χ0n) is 8.13. The lowest BCUT2D eigenvalue weighted by atomic mass is 10.1. The third-order valence-corrected chi connectivity index (χ3v) is 2.66. The topological polar surface area (TPSA) is 20.2 Å². The van der Waals surface area contributed by atoms with Crippen LogP contribution in [0.4, 0.5) is 4.39 Å². The highest BCUT2D eigenvalue weighted by molar-refractivity contribution is 5.64. The van der Waals surface area contributed by atoms with Gasteiger partial charge in [0.25, 0.3) is 0 Å². The molecule has 1 aliphatic carbocycles. The van der Waals surface area contributed by atoms with Crippen molar-refractivity contribution < 1.29 is 9.50 Å². The van der Waals surface area contributed by atoms with Crippen molar-refractivity contribution in [1.82, 2.24) is 0 Å². The lowest BCUT2D eigenvalue weighted by Gasteiger charge is -2.07. The molecule has 1 N–H and O–H groups in total. The van der Waals surface area contributed by atoms with Crippen LogP contribution in [0.1, 0.15) is 24.5 Å². The Morgan fingerprint density at radius 1 is 1.50 bits per heavy atom. The van der Waals surface area contributed by atoms with Crippen molar-refractivity contribution in [2.75, 3.05) is 0 Å². The molecule has 1 aromatic rings. The number of hydrogen-bond donors (Lipinski definition) is 1. The summed E-state index contributed by atoms with van der Waals surface area (Å²) in [6.45, 7) is 1.94. The van der Waals surface area contributed by atoms with Crippen LogP contribution in [-0.4, -0.2) is 11.2 Å². The summed E-state index contributed by atoms with van der Waals surface area (Å²) < 4.78 is 12.9. The van der Waals surface area contributed by atoms with Gasteiger partial charge in [-0.3, -0.25) is 0 Å². The van der Waals surface area contributed by atoms with E-state index in [-0.39, 0.29) is 11.9 Å². The number of fused-ring (bicyclic) bond motifs is 1. The van der Waals surface area contributed by atoms with E-state index in [9.17, 15) is 9.50 Å². The number of aliphatic hydroxyl groups excluding tert-OH is 1. The maximum absolute atomic E-state index is 12.9. The SMILES string of the molecule is CC[C@H](O)C1=Cc2cc(F)ccc2C1. The van der Waals surface area contributed by atoms with E-state index in [0.29, 0.717) is 6.42 Å². The second-order valence-corrected chi connectivity index (χ2v) is 3.66.